The zero-order valence-electron chi connectivity index (χ0n) is 12.8. The highest BCUT2D eigenvalue weighted by molar-refractivity contribution is 7.90. The third-order valence-corrected chi connectivity index (χ3v) is 5.17. The lowest BCUT2D eigenvalue weighted by molar-refractivity contribution is -0.123. The molecule has 0 aromatic rings. The summed E-state index contributed by atoms with van der Waals surface area (Å²) in [4.78, 5) is 11.9. The van der Waals surface area contributed by atoms with E-state index in [1.165, 1.54) is 0 Å². The van der Waals surface area contributed by atoms with Crippen LogP contribution in [0.3, 0.4) is 0 Å². The minimum atomic E-state index is -3.06. The summed E-state index contributed by atoms with van der Waals surface area (Å²) in [7, 11) is -3.06. The van der Waals surface area contributed by atoms with Crippen LogP contribution in [0.15, 0.2) is 0 Å². The normalized spacial score (nSPS) is 25.4. The Hall–Kier alpha value is -0.620. The van der Waals surface area contributed by atoms with Crippen LogP contribution < -0.4 is 11.1 Å². The van der Waals surface area contributed by atoms with E-state index in [0.717, 1.165) is 37.9 Å². The van der Waals surface area contributed by atoms with Gasteiger partial charge in [-0.25, -0.2) is 8.42 Å². The Morgan fingerprint density at radius 1 is 1.25 bits per heavy atom. The van der Waals surface area contributed by atoms with Gasteiger partial charge in [0.2, 0.25) is 5.91 Å². The molecule has 1 amide bonds. The molecule has 20 heavy (non-hydrogen) atoms. The minimum Gasteiger partial charge on any atom is -0.352 e. The van der Waals surface area contributed by atoms with Gasteiger partial charge in [-0.1, -0.05) is 13.8 Å². The molecule has 3 N–H and O–H groups in total. The number of sulfone groups is 1. The molecule has 0 aromatic heterocycles. The number of nitrogens with two attached hydrogens (primary N) is 1. The fraction of sp³-hybridized carbons (Fsp3) is 0.929. The smallest absolute Gasteiger partial charge is 0.237 e. The van der Waals surface area contributed by atoms with Crippen LogP contribution in [-0.4, -0.2) is 38.4 Å². The zero-order valence-corrected chi connectivity index (χ0v) is 13.6. The molecular formula is C14H28N2O3S. The highest BCUT2D eigenvalue weighted by Gasteiger charge is 2.25. The summed E-state index contributed by atoms with van der Waals surface area (Å²) in [5.41, 5.74) is 5.74. The van der Waals surface area contributed by atoms with Crippen molar-refractivity contribution in [3.8, 4) is 0 Å². The van der Waals surface area contributed by atoms with Gasteiger partial charge in [-0.05, 0) is 43.9 Å². The van der Waals surface area contributed by atoms with Gasteiger partial charge >= 0.3 is 0 Å². The molecule has 0 spiro atoms. The monoisotopic (exact) mass is 304 g/mol. The van der Waals surface area contributed by atoms with Crippen molar-refractivity contribution in [1.82, 2.24) is 5.32 Å². The predicted octanol–water partition coefficient (Wildman–Crippen LogP) is 1.08. The minimum absolute atomic E-state index is 0.0400. The molecule has 0 saturated heterocycles. The lowest BCUT2D eigenvalue weighted by Gasteiger charge is -2.31. The lowest BCUT2D eigenvalue weighted by atomic mass is 9.79. The summed E-state index contributed by atoms with van der Waals surface area (Å²) in [6.07, 6.45) is 5.61. The molecule has 1 fully saturated rings. The van der Waals surface area contributed by atoms with E-state index in [1.807, 2.05) is 0 Å². The number of hydrogen-bond donors (Lipinski definition) is 2. The van der Waals surface area contributed by atoms with Gasteiger partial charge in [0.25, 0.3) is 0 Å². The van der Waals surface area contributed by atoms with E-state index in [4.69, 9.17) is 5.73 Å². The van der Waals surface area contributed by atoms with E-state index in [0.29, 0.717) is 5.92 Å². The predicted molar refractivity (Wildman–Crippen MR) is 81.0 cm³/mol. The van der Waals surface area contributed by atoms with E-state index in [9.17, 15) is 13.2 Å². The van der Waals surface area contributed by atoms with Gasteiger partial charge in [-0.15, -0.1) is 0 Å². The highest BCUT2D eigenvalue weighted by Crippen LogP contribution is 2.29. The first-order valence-electron chi connectivity index (χ1n) is 7.42. The summed E-state index contributed by atoms with van der Waals surface area (Å²) < 4.78 is 22.1. The quantitative estimate of drug-likeness (QED) is 0.768. The number of carbonyl (C=O) groups excluding carboxylic acids is 1. The van der Waals surface area contributed by atoms with Crippen molar-refractivity contribution in [2.75, 3.05) is 12.0 Å². The van der Waals surface area contributed by atoms with Crippen molar-refractivity contribution in [2.45, 2.75) is 58.0 Å². The van der Waals surface area contributed by atoms with E-state index in [2.05, 4.69) is 19.2 Å². The fourth-order valence-corrected chi connectivity index (χ4v) is 3.39. The Balaban J connectivity index is 2.32. The molecule has 1 atom stereocenters. The Morgan fingerprint density at radius 3 is 2.25 bits per heavy atom. The van der Waals surface area contributed by atoms with Gasteiger partial charge in [0.1, 0.15) is 9.84 Å². The SMILES string of the molecule is CC(C)C1CCC(NC(=O)C(N)CCS(C)(=O)=O)CC1. The molecule has 1 rings (SSSR count). The van der Waals surface area contributed by atoms with E-state index >= 15 is 0 Å². The number of rotatable bonds is 6. The lowest BCUT2D eigenvalue weighted by Crippen LogP contribution is -2.47. The summed E-state index contributed by atoms with van der Waals surface area (Å²) in [5.74, 6) is 1.19. The Labute approximate surface area is 122 Å². The standard InChI is InChI=1S/C14H28N2O3S/c1-10(2)11-4-6-12(7-5-11)16-14(17)13(15)8-9-20(3,18)19/h10-13H,4-9,15H2,1-3H3,(H,16,17). The fourth-order valence-electron chi connectivity index (χ4n) is 2.71. The number of carbonyl (C=O) groups is 1. The maximum Gasteiger partial charge on any atom is 0.237 e. The maximum atomic E-state index is 11.9. The van der Waals surface area contributed by atoms with Crippen LogP contribution in [0.1, 0.15) is 46.0 Å². The van der Waals surface area contributed by atoms with Crippen molar-refractivity contribution in [1.29, 1.82) is 0 Å². The van der Waals surface area contributed by atoms with E-state index in [1.54, 1.807) is 0 Å². The van der Waals surface area contributed by atoms with Crippen molar-refractivity contribution < 1.29 is 13.2 Å². The summed E-state index contributed by atoms with van der Waals surface area (Å²) >= 11 is 0. The summed E-state index contributed by atoms with van der Waals surface area (Å²) in [6, 6.07) is -0.533. The van der Waals surface area contributed by atoms with Crippen LogP contribution in [0.2, 0.25) is 0 Å². The topological polar surface area (TPSA) is 89.3 Å². The molecule has 1 aliphatic carbocycles. The first kappa shape index (κ1) is 17.4. The second-order valence-electron chi connectivity index (χ2n) is 6.39. The molecule has 1 aliphatic rings. The summed E-state index contributed by atoms with van der Waals surface area (Å²) in [5, 5.41) is 2.96. The van der Waals surface area contributed by atoms with Crippen LogP contribution in [0.4, 0.5) is 0 Å². The van der Waals surface area contributed by atoms with Gasteiger partial charge in [0.05, 0.1) is 11.8 Å². The van der Waals surface area contributed by atoms with Gasteiger partial charge in [0.15, 0.2) is 0 Å². The van der Waals surface area contributed by atoms with Gasteiger partial charge in [0, 0.05) is 12.3 Å². The Bertz CT molecular complexity index is 412. The van der Waals surface area contributed by atoms with Crippen molar-refractivity contribution in [2.24, 2.45) is 17.6 Å². The third kappa shape index (κ3) is 6.22. The van der Waals surface area contributed by atoms with Crippen LogP contribution in [0, 0.1) is 11.8 Å². The second-order valence-corrected chi connectivity index (χ2v) is 8.65. The number of amides is 1. The second kappa shape index (κ2) is 7.41. The van der Waals surface area contributed by atoms with Gasteiger partial charge in [-0.2, -0.15) is 0 Å². The average Bonchev–Trinajstić information content (AvgIpc) is 2.35. The average molecular weight is 304 g/mol. The molecule has 0 aromatic carbocycles. The maximum absolute atomic E-state index is 11.9. The largest absolute Gasteiger partial charge is 0.352 e. The molecule has 1 saturated carbocycles. The van der Waals surface area contributed by atoms with Crippen LogP contribution in [0.25, 0.3) is 0 Å². The Kier molecular flexibility index (Phi) is 6.45. The molecule has 0 aliphatic heterocycles. The summed E-state index contributed by atoms with van der Waals surface area (Å²) in [6.45, 7) is 4.48. The van der Waals surface area contributed by atoms with Crippen LogP contribution in [0.5, 0.6) is 0 Å². The molecule has 6 heteroatoms. The molecule has 0 heterocycles. The molecule has 1 unspecified atom stereocenters. The molecule has 0 bridgehead atoms. The van der Waals surface area contributed by atoms with Crippen molar-refractivity contribution in [3.63, 3.8) is 0 Å². The Morgan fingerprint density at radius 2 is 1.80 bits per heavy atom. The van der Waals surface area contributed by atoms with E-state index in [-0.39, 0.29) is 24.1 Å². The highest BCUT2D eigenvalue weighted by atomic mass is 32.2. The first-order valence-corrected chi connectivity index (χ1v) is 9.48. The number of hydrogen-bond acceptors (Lipinski definition) is 4. The van der Waals surface area contributed by atoms with Gasteiger partial charge in [-0.3, -0.25) is 4.79 Å². The number of nitrogens with one attached hydrogen (secondary N) is 1. The molecular weight excluding hydrogens is 276 g/mol. The van der Waals surface area contributed by atoms with Crippen molar-refractivity contribution in [3.05, 3.63) is 0 Å². The van der Waals surface area contributed by atoms with Crippen molar-refractivity contribution >= 4 is 15.7 Å². The van der Waals surface area contributed by atoms with Crippen LogP contribution >= 0.6 is 0 Å². The first-order chi connectivity index (χ1) is 9.19. The molecule has 5 nitrogen and oxygen atoms in total. The third-order valence-electron chi connectivity index (χ3n) is 4.20. The van der Waals surface area contributed by atoms with E-state index < -0.39 is 15.9 Å². The van der Waals surface area contributed by atoms with Crippen LogP contribution in [-0.2, 0) is 14.6 Å². The van der Waals surface area contributed by atoms with Gasteiger partial charge < -0.3 is 11.1 Å². The molecule has 0 radical (unpaired) electrons. The zero-order chi connectivity index (χ0) is 15.3. The molecule has 118 valence electrons.